The minimum Gasteiger partial charge on any atom is -0.409 e. The molecule has 0 amide bonds. The number of hydrogen-bond acceptors (Lipinski definition) is 9. The summed E-state index contributed by atoms with van der Waals surface area (Å²) in [6.45, 7) is 4.34. The Morgan fingerprint density at radius 3 is 2.59 bits per heavy atom. The molecule has 3 aromatic heterocycles. The van der Waals surface area contributed by atoms with E-state index in [1.54, 1.807) is 6.07 Å². The highest BCUT2D eigenvalue weighted by Gasteiger charge is 2.21. The van der Waals surface area contributed by atoms with Crippen molar-refractivity contribution in [2.75, 3.05) is 0 Å². The van der Waals surface area contributed by atoms with Gasteiger partial charge in [0.15, 0.2) is 11.5 Å². The van der Waals surface area contributed by atoms with E-state index in [4.69, 9.17) is 8.94 Å². The summed E-state index contributed by atoms with van der Waals surface area (Å²) < 4.78 is 12.7. The summed E-state index contributed by atoms with van der Waals surface area (Å²) in [7, 11) is 0. The smallest absolute Gasteiger partial charge is 0.277 e. The van der Waals surface area contributed by atoms with Gasteiger partial charge in [-0.2, -0.15) is 10.1 Å². The van der Waals surface area contributed by atoms with E-state index in [9.17, 15) is 4.79 Å². The molecule has 0 N–H and O–H groups in total. The largest absolute Gasteiger partial charge is 0.409 e. The summed E-state index contributed by atoms with van der Waals surface area (Å²) in [5, 5.41) is 18.4. The standard InChI is InChI=1S/C24H22N6O3S/c1-3-9-19-25-21(33-29-19)15(2)34-24-27-26-22(32-24)20-17-12-7-8-13-18(17)23(31)30(28-20)14-16-10-5-4-6-11-16/h4-8,10-13,15H,3,9,14H2,1-2H3. The summed E-state index contributed by atoms with van der Waals surface area (Å²) in [6.07, 6.45) is 1.71. The lowest BCUT2D eigenvalue weighted by molar-refractivity contribution is 0.373. The van der Waals surface area contributed by atoms with Crippen LogP contribution in [0.2, 0.25) is 0 Å². The average Bonchev–Trinajstić information content (AvgIpc) is 3.52. The first-order valence-electron chi connectivity index (χ1n) is 11.0. The molecule has 0 radical (unpaired) electrons. The maximum atomic E-state index is 13.1. The third kappa shape index (κ3) is 4.49. The molecule has 34 heavy (non-hydrogen) atoms. The van der Waals surface area contributed by atoms with Crippen LogP contribution in [0.1, 0.15) is 42.8 Å². The Hall–Kier alpha value is -3.79. The predicted molar refractivity (Wildman–Crippen MR) is 127 cm³/mol. The molecule has 2 aromatic carbocycles. The zero-order valence-electron chi connectivity index (χ0n) is 18.7. The van der Waals surface area contributed by atoms with Crippen LogP contribution in [0.4, 0.5) is 0 Å². The molecule has 10 heteroatoms. The molecule has 1 atom stereocenters. The molecule has 0 aliphatic carbocycles. The van der Waals surface area contributed by atoms with Crippen molar-refractivity contribution in [3.63, 3.8) is 0 Å². The fraction of sp³-hybridized carbons (Fsp3) is 0.250. The Morgan fingerprint density at radius 1 is 1.03 bits per heavy atom. The summed E-state index contributed by atoms with van der Waals surface area (Å²) in [6, 6.07) is 17.0. The van der Waals surface area contributed by atoms with E-state index in [0.29, 0.717) is 39.9 Å². The second-order valence-electron chi connectivity index (χ2n) is 7.77. The van der Waals surface area contributed by atoms with Gasteiger partial charge in [-0.05, 0) is 25.0 Å². The van der Waals surface area contributed by atoms with Gasteiger partial charge in [-0.15, -0.1) is 10.2 Å². The summed E-state index contributed by atoms with van der Waals surface area (Å²) in [5.74, 6) is 1.44. The summed E-state index contributed by atoms with van der Waals surface area (Å²) >= 11 is 1.33. The Morgan fingerprint density at radius 2 is 1.79 bits per heavy atom. The van der Waals surface area contributed by atoms with Crippen molar-refractivity contribution < 1.29 is 8.94 Å². The quantitative estimate of drug-likeness (QED) is 0.296. The van der Waals surface area contributed by atoms with Crippen LogP contribution in [-0.4, -0.2) is 30.1 Å². The van der Waals surface area contributed by atoms with Crippen molar-refractivity contribution >= 4 is 22.5 Å². The Kier molecular flexibility index (Phi) is 6.22. The fourth-order valence-corrected chi connectivity index (χ4v) is 4.28. The van der Waals surface area contributed by atoms with Crippen molar-refractivity contribution in [1.82, 2.24) is 30.1 Å². The number of thioether (sulfide) groups is 1. The maximum absolute atomic E-state index is 13.1. The molecule has 0 bridgehead atoms. The van der Waals surface area contributed by atoms with E-state index in [-0.39, 0.29) is 16.7 Å². The first kappa shape index (κ1) is 22.0. The van der Waals surface area contributed by atoms with Gasteiger partial charge in [0.25, 0.3) is 16.7 Å². The molecule has 0 aliphatic rings. The second-order valence-corrected chi connectivity index (χ2v) is 9.07. The molecule has 5 rings (SSSR count). The molecule has 0 spiro atoms. The van der Waals surface area contributed by atoms with Gasteiger partial charge in [0.1, 0.15) is 0 Å². The fourth-order valence-electron chi connectivity index (χ4n) is 3.57. The molecule has 9 nitrogen and oxygen atoms in total. The van der Waals surface area contributed by atoms with Gasteiger partial charge in [0, 0.05) is 11.8 Å². The lowest BCUT2D eigenvalue weighted by Crippen LogP contribution is -2.24. The second kappa shape index (κ2) is 9.60. The minimum atomic E-state index is -0.176. The number of hydrogen-bond donors (Lipinski definition) is 0. The number of benzene rings is 2. The first-order valence-corrected chi connectivity index (χ1v) is 11.9. The summed E-state index contributed by atoms with van der Waals surface area (Å²) in [4.78, 5) is 17.5. The van der Waals surface area contributed by atoms with Gasteiger partial charge >= 0.3 is 0 Å². The van der Waals surface area contributed by atoms with Crippen LogP contribution in [0.3, 0.4) is 0 Å². The zero-order valence-corrected chi connectivity index (χ0v) is 19.5. The van der Waals surface area contributed by atoms with Crippen molar-refractivity contribution in [2.45, 2.75) is 43.7 Å². The molecule has 0 saturated heterocycles. The van der Waals surface area contributed by atoms with Gasteiger partial charge in [0.05, 0.1) is 17.2 Å². The Labute approximate surface area is 199 Å². The molecule has 0 saturated carbocycles. The minimum absolute atomic E-state index is 0.164. The molecule has 5 aromatic rings. The van der Waals surface area contributed by atoms with Crippen molar-refractivity contribution in [1.29, 1.82) is 0 Å². The lowest BCUT2D eigenvalue weighted by atomic mass is 10.1. The molecular weight excluding hydrogens is 452 g/mol. The number of rotatable bonds is 8. The molecular formula is C24H22N6O3S. The van der Waals surface area contributed by atoms with Crippen LogP contribution in [0.15, 0.2) is 73.6 Å². The van der Waals surface area contributed by atoms with Crippen LogP contribution in [-0.2, 0) is 13.0 Å². The highest BCUT2D eigenvalue weighted by atomic mass is 32.2. The average molecular weight is 475 g/mol. The molecule has 3 heterocycles. The number of aromatic nitrogens is 6. The summed E-state index contributed by atoms with van der Waals surface area (Å²) in [5.41, 5.74) is 1.25. The Balaban J connectivity index is 1.47. The molecule has 0 fully saturated rings. The number of nitrogens with zero attached hydrogens (tertiary/aromatic N) is 6. The van der Waals surface area contributed by atoms with Gasteiger partial charge in [0.2, 0.25) is 5.89 Å². The lowest BCUT2D eigenvalue weighted by Gasteiger charge is -2.09. The normalized spacial score (nSPS) is 12.3. The van der Waals surface area contributed by atoms with Crippen LogP contribution in [0.25, 0.3) is 22.4 Å². The number of aryl methyl sites for hydroxylation is 1. The van der Waals surface area contributed by atoms with Gasteiger partial charge in [-0.1, -0.05) is 72.4 Å². The third-order valence-corrected chi connectivity index (χ3v) is 6.16. The van der Waals surface area contributed by atoms with Crippen molar-refractivity contribution in [2.24, 2.45) is 0 Å². The van der Waals surface area contributed by atoms with Gasteiger partial charge < -0.3 is 8.94 Å². The Bertz CT molecular complexity index is 1480. The molecule has 0 aliphatic heterocycles. The van der Waals surface area contributed by atoms with Gasteiger partial charge in [-0.3, -0.25) is 4.79 Å². The van der Waals surface area contributed by atoms with E-state index in [2.05, 4.69) is 32.4 Å². The van der Waals surface area contributed by atoms with E-state index in [1.807, 2.05) is 55.5 Å². The number of fused-ring (bicyclic) bond motifs is 1. The predicted octanol–water partition coefficient (Wildman–Crippen LogP) is 4.68. The molecule has 172 valence electrons. The topological polar surface area (TPSA) is 113 Å². The third-order valence-electron chi connectivity index (χ3n) is 5.23. The SMILES string of the molecule is CCCc1noc(C(C)Sc2nnc(-c3nn(Cc4ccccc4)c(=O)c4ccccc34)o2)n1. The van der Waals surface area contributed by atoms with E-state index in [1.165, 1.54) is 16.4 Å². The maximum Gasteiger partial charge on any atom is 0.277 e. The monoisotopic (exact) mass is 474 g/mol. The van der Waals surface area contributed by atoms with Crippen molar-refractivity contribution in [3.8, 4) is 11.6 Å². The van der Waals surface area contributed by atoms with E-state index >= 15 is 0 Å². The van der Waals surface area contributed by atoms with Crippen LogP contribution in [0.5, 0.6) is 0 Å². The molecule has 1 unspecified atom stereocenters. The van der Waals surface area contributed by atoms with E-state index in [0.717, 1.165) is 18.4 Å². The van der Waals surface area contributed by atoms with Crippen molar-refractivity contribution in [3.05, 3.63) is 82.2 Å². The highest BCUT2D eigenvalue weighted by Crippen LogP contribution is 2.35. The zero-order chi connectivity index (χ0) is 23.5. The first-order chi connectivity index (χ1) is 16.6. The van der Waals surface area contributed by atoms with Crippen LogP contribution < -0.4 is 5.56 Å². The van der Waals surface area contributed by atoms with E-state index < -0.39 is 0 Å². The van der Waals surface area contributed by atoms with Gasteiger partial charge in [-0.25, -0.2) is 4.68 Å². The van der Waals surface area contributed by atoms with Crippen LogP contribution >= 0.6 is 11.8 Å². The van der Waals surface area contributed by atoms with Crippen LogP contribution in [0, 0.1) is 0 Å². The highest BCUT2D eigenvalue weighted by molar-refractivity contribution is 7.99.